The molecular formula is C13H16N4O2. The molecule has 19 heavy (non-hydrogen) atoms. The lowest BCUT2D eigenvalue weighted by molar-refractivity contribution is 0.102. The maximum atomic E-state index is 12.1. The van der Waals surface area contributed by atoms with Crippen LogP contribution in [0.2, 0.25) is 0 Å². The number of hydrogen-bond donors (Lipinski definition) is 2. The van der Waals surface area contributed by atoms with Crippen molar-refractivity contribution in [1.82, 2.24) is 15.5 Å². The maximum absolute atomic E-state index is 12.1. The Morgan fingerprint density at radius 1 is 1.37 bits per heavy atom. The molecule has 2 N–H and O–H groups in total. The van der Waals surface area contributed by atoms with Crippen LogP contribution in [0.25, 0.3) is 0 Å². The van der Waals surface area contributed by atoms with Gasteiger partial charge >= 0.3 is 6.01 Å². The van der Waals surface area contributed by atoms with Gasteiger partial charge in [0.15, 0.2) is 5.82 Å². The molecule has 6 nitrogen and oxygen atoms in total. The van der Waals surface area contributed by atoms with Crippen LogP contribution in [0.3, 0.4) is 0 Å². The summed E-state index contributed by atoms with van der Waals surface area (Å²) in [5, 5.41) is 9.28. The average molecular weight is 260 g/mol. The number of carbonyl (C=O) groups is 1. The lowest BCUT2D eigenvalue weighted by Crippen LogP contribution is -2.17. The minimum absolute atomic E-state index is 0.117. The van der Waals surface area contributed by atoms with E-state index in [1.165, 1.54) is 0 Å². The van der Waals surface area contributed by atoms with Crippen LogP contribution in [-0.4, -0.2) is 29.6 Å². The van der Waals surface area contributed by atoms with Crippen molar-refractivity contribution in [2.45, 2.75) is 13.3 Å². The Morgan fingerprint density at radius 3 is 2.84 bits per heavy atom. The quantitative estimate of drug-likeness (QED) is 0.849. The van der Waals surface area contributed by atoms with Gasteiger partial charge in [-0.2, -0.15) is 4.98 Å². The van der Waals surface area contributed by atoms with E-state index in [9.17, 15) is 4.79 Å². The van der Waals surface area contributed by atoms with Crippen molar-refractivity contribution in [2.75, 3.05) is 18.9 Å². The Kier molecular flexibility index (Phi) is 4.25. The first-order valence-electron chi connectivity index (χ1n) is 6.05. The van der Waals surface area contributed by atoms with E-state index in [0.29, 0.717) is 11.4 Å². The number of amides is 1. The number of anilines is 1. The van der Waals surface area contributed by atoms with Crippen LogP contribution in [0.15, 0.2) is 28.8 Å². The monoisotopic (exact) mass is 260 g/mol. The standard InChI is InChI=1S/C13H16N4O2/c1-9-15-13(19-17-9)16-12(18)11-6-4-3-5-10(11)7-8-14-2/h3-6,14H,7-8H2,1-2H3,(H,15,16,17,18). The van der Waals surface area contributed by atoms with E-state index in [2.05, 4.69) is 20.8 Å². The van der Waals surface area contributed by atoms with Gasteiger partial charge in [0.1, 0.15) is 0 Å². The van der Waals surface area contributed by atoms with E-state index in [4.69, 9.17) is 4.52 Å². The van der Waals surface area contributed by atoms with Gasteiger partial charge < -0.3 is 9.84 Å². The zero-order valence-electron chi connectivity index (χ0n) is 10.9. The molecule has 0 saturated heterocycles. The molecule has 6 heteroatoms. The lowest BCUT2D eigenvalue weighted by Gasteiger charge is -2.07. The molecule has 2 aromatic rings. The smallest absolute Gasteiger partial charge is 0.319 e. The van der Waals surface area contributed by atoms with E-state index < -0.39 is 0 Å². The predicted molar refractivity (Wildman–Crippen MR) is 71.1 cm³/mol. The molecule has 0 unspecified atom stereocenters. The van der Waals surface area contributed by atoms with Gasteiger partial charge in [0.05, 0.1) is 0 Å². The number of hydrogen-bond acceptors (Lipinski definition) is 5. The van der Waals surface area contributed by atoms with Crippen molar-refractivity contribution >= 4 is 11.9 Å². The fraction of sp³-hybridized carbons (Fsp3) is 0.308. The number of rotatable bonds is 5. The number of likely N-dealkylation sites (N-methyl/N-ethyl adjacent to an activating group) is 1. The molecule has 0 atom stereocenters. The normalized spacial score (nSPS) is 10.4. The van der Waals surface area contributed by atoms with Crippen molar-refractivity contribution < 1.29 is 9.32 Å². The van der Waals surface area contributed by atoms with Gasteiger partial charge in [0.25, 0.3) is 5.91 Å². The number of aromatic nitrogens is 2. The van der Waals surface area contributed by atoms with Crippen molar-refractivity contribution in [3.8, 4) is 0 Å². The van der Waals surface area contributed by atoms with Gasteiger partial charge in [0, 0.05) is 5.56 Å². The van der Waals surface area contributed by atoms with Crippen LogP contribution in [0, 0.1) is 6.92 Å². The number of aryl methyl sites for hydroxylation is 1. The second kappa shape index (κ2) is 6.10. The molecule has 0 radical (unpaired) electrons. The van der Waals surface area contributed by atoms with Crippen molar-refractivity contribution in [1.29, 1.82) is 0 Å². The second-order valence-corrected chi connectivity index (χ2v) is 4.11. The first kappa shape index (κ1) is 13.2. The second-order valence-electron chi connectivity index (χ2n) is 4.11. The first-order chi connectivity index (χ1) is 9.20. The summed E-state index contributed by atoms with van der Waals surface area (Å²) in [7, 11) is 1.88. The summed E-state index contributed by atoms with van der Waals surface area (Å²) < 4.78 is 4.87. The van der Waals surface area contributed by atoms with Gasteiger partial charge in [-0.15, -0.1) is 0 Å². The Hall–Kier alpha value is -2.21. The molecule has 0 fully saturated rings. The van der Waals surface area contributed by atoms with Gasteiger partial charge in [-0.05, 0) is 38.6 Å². The third-order valence-corrected chi connectivity index (χ3v) is 2.65. The highest BCUT2D eigenvalue weighted by atomic mass is 16.5. The van der Waals surface area contributed by atoms with E-state index in [0.717, 1.165) is 18.5 Å². The SMILES string of the molecule is CNCCc1ccccc1C(=O)Nc1nc(C)no1. The number of carbonyl (C=O) groups excluding carboxylic acids is 1. The van der Waals surface area contributed by atoms with Crippen LogP contribution in [-0.2, 0) is 6.42 Å². The minimum atomic E-state index is -0.240. The lowest BCUT2D eigenvalue weighted by atomic mass is 10.0. The molecule has 0 aliphatic carbocycles. The minimum Gasteiger partial charge on any atom is -0.319 e. The summed E-state index contributed by atoms with van der Waals surface area (Å²) in [6.45, 7) is 2.50. The summed E-state index contributed by atoms with van der Waals surface area (Å²) in [5.74, 6) is 0.245. The highest BCUT2D eigenvalue weighted by Crippen LogP contribution is 2.12. The summed E-state index contributed by atoms with van der Waals surface area (Å²) in [6.07, 6.45) is 0.781. The summed E-state index contributed by atoms with van der Waals surface area (Å²) in [5.41, 5.74) is 1.60. The fourth-order valence-corrected chi connectivity index (χ4v) is 1.73. The van der Waals surface area contributed by atoms with E-state index in [-0.39, 0.29) is 11.9 Å². The van der Waals surface area contributed by atoms with Gasteiger partial charge in [-0.1, -0.05) is 23.4 Å². The molecule has 2 rings (SSSR count). The van der Waals surface area contributed by atoms with Crippen molar-refractivity contribution in [2.24, 2.45) is 0 Å². The maximum Gasteiger partial charge on any atom is 0.328 e. The summed E-state index contributed by atoms with van der Waals surface area (Å²) >= 11 is 0. The highest BCUT2D eigenvalue weighted by Gasteiger charge is 2.13. The van der Waals surface area contributed by atoms with Crippen LogP contribution in [0.1, 0.15) is 21.7 Å². The van der Waals surface area contributed by atoms with Crippen LogP contribution in [0.4, 0.5) is 6.01 Å². The molecule has 100 valence electrons. The molecule has 0 aliphatic rings. The molecule has 1 amide bonds. The van der Waals surface area contributed by atoms with Gasteiger partial charge in [0.2, 0.25) is 0 Å². The zero-order chi connectivity index (χ0) is 13.7. The van der Waals surface area contributed by atoms with Gasteiger partial charge in [-0.25, -0.2) is 0 Å². The van der Waals surface area contributed by atoms with Crippen molar-refractivity contribution in [3.63, 3.8) is 0 Å². The summed E-state index contributed by atoms with van der Waals surface area (Å²) in [4.78, 5) is 16.1. The molecule has 1 heterocycles. The number of nitrogens with one attached hydrogen (secondary N) is 2. The Bertz CT molecular complexity index is 565. The molecule has 0 aliphatic heterocycles. The number of nitrogens with zero attached hydrogens (tertiary/aromatic N) is 2. The molecule has 1 aromatic carbocycles. The van der Waals surface area contributed by atoms with E-state index in [1.807, 2.05) is 25.2 Å². The largest absolute Gasteiger partial charge is 0.328 e. The van der Waals surface area contributed by atoms with Crippen LogP contribution >= 0.6 is 0 Å². The predicted octanol–water partition coefficient (Wildman–Crippen LogP) is 1.39. The molecule has 0 bridgehead atoms. The van der Waals surface area contributed by atoms with Crippen molar-refractivity contribution in [3.05, 3.63) is 41.2 Å². The zero-order valence-corrected chi connectivity index (χ0v) is 10.9. The Morgan fingerprint density at radius 2 is 2.16 bits per heavy atom. The van der Waals surface area contributed by atoms with Crippen LogP contribution in [0.5, 0.6) is 0 Å². The van der Waals surface area contributed by atoms with Crippen LogP contribution < -0.4 is 10.6 Å². The third-order valence-electron chi connectivity index (χ3n) is 2.65. The fourth-order valence-electron chi connectivity index (χ4n) is 1.73. The number of benzene rings is 1. The first-order valence-corrected chi connectivity index (χ1v) is 6.05. The van der Waals surface area contributed by atoms with Gasteiger partial charge in [-0.3, -0.25) is 10.1 Å². The van der Waals surface area contributed by atoms with E-state index >= 15 is 0 Å². The molecule has 0 spiro atoms. The topological polar surface area (TPSA) is 80.0 Å². The molecular weight excluding hydrogens is 244 g/mol. The average Bonchev–Trinajstić information content (AvgIpc) is 2.82. The molecule has 0 saturated carbocycles. The Balaban J connectivity index is 2.14. The highest BCUT2D eigenvalue weighted by molar-refractivity contribution is 6.04. The Labute approximate surface area is 111 Å². The van der Waals surface area contributed by atoms with E-state index in [1.54, 1.807) is 13.0 Å². The summed E-state index contributed by atoms with van der Waals surface area (Å²) in [6, 6.07) is 7.58. The molecule has 1 aromatic heterocycles. The third kappa shape index (κ3) is 3.38.